The predicted molar refractivity (Wildman–Crippen MR) is 134 cm³/mol. The number of rotatable bonds is 7. The molecule has 0 saturated carbocycles. The number of likely N-dealkylation sites (tertiary alicyclic amines) is 1. The van der Waals surface area contributed by atoms with Crippen molar-refractivity contribution in [2.75, 3.05) is 32.9 Å². The summed E-state index contributed by atoms with van der Waals surface area (Å²) in [6, 6.07) is 17.3. The molecule has 1 N–H and O–H groups in total. The minimum atomic E-state index is -0.243. The molecular weight excluding hydrogens is 464 g/mol. The minimum absolute atomic E-state index is 0.0419. The van der Waals surface area contributed by atoms with Gasteiger partial charge in [-0.05, 0) is 48.6 Å². The fraction of sp³-hybridized carbons (Fsp3) is 0.333. The minimum Gasteiger partial charge on any atom is -0.486 e. The molecule has 2 amide bonds. The van der Waals surface area contributed by atoms with Gasteiger partial charge in [-0.3, -0.25) is 9.59 Å². The molecule has 7 nitrogen and oxygen atoms in total. The van der Waals surface area contributed by atoms with Gasteiger partial charge < -0.3 is 24.4 Å². The van der Waals surface area contributed by atoms with Crippen LogP contribution in [-0.2, 0) is 11.3 Å². The molecule has 2 aliphatic rings. The van der Waals surface area contributed by atoms with Crippen molar-refractivity contribution in [2.24, 2.45) is 0 Å². The Bertz CT molecular complexity index is 1190. The van der Waals surface area contributed by atoms with Crippen LogP contribution in [0.5, 0.6) is 17.2 Å². The predicted octanol–water partition coefficient (Wildman–Crippen LogP) is 4.51. The third kappa shape index (κ3) is 5.59. The van der Waals surface area contributed by atoms with E-state index in [0.717, 1.165) is 48.4 Å². The Morgan fingerprint density at radius 1 is 0.943 bits per heavy atom. The van der Waals surface area contributed by atoms with Gasteiger partial charge in [-0.25, -0.2) is 0 Å². The lowest BCUT2D eigenvalue weighted by molar-refractivity contribution is -0.134. The van der Waals surface area contributed by atoms with E-state index in [9.17, 15) is 9.59 Å². The number of hydrogen-bond donors (Lipinski definition) is 1. The van der Waals surface area contributed by atoms with Crippen molar-refractivity contribution in [3.8, 4) is 27.7 Å². The first-order chi connectivity index (χ1) is 17.2. The maximum Gasteiger partial charge on any atom is 0.265 e. The molecule has 3 heterocycles. The Kier molecular flexibility index (Phi) is 7.18. The molecule has 5 rings (SSSR count). The third-order valence-corrected chi connectivity index (χ3v) is 7.25. The highest BCUT2D eigenvalue weighted by atomic mass is 32.1. The van der Waals surface area contributed by atoms with E-state index < -0.39 is 0 Å². The molecule has 0 radical (unpaired) electrons. The summed E-state index contributed by atoms with van der Waals surface area (Å²) in [4.78, 5) is 29.0. The van der Waals surface area contributed by atoms with Crippen LogP contribution in [0.2, 0.25) is 0 Å². The maximum atomic E-state index is 13.2. The summed E-state index contributed by atoms with van der Waals surface area (Å²) in [7, 11) is 0. The van der Waals surface area contributed by atoms with E-state index >= 15 is 0 Å². The van der Waals surface area contributed by atoms with E-state index in [2.05, 4.69) is 5.32 Å². The molecule has 1 fully saturated rings. The number of carbonyl (C=O) groups is 2. The summed E-state index contributed by atoms with van der Waals surface area (Å²) in [5.74, 6) is 1.54. The number of carbonyl (C=O) groups excluding carboxylic acids is 2. The number of thiophene rings is 1. The molecule has 0 aliphatic carbocycles. The number of nitrogens with one attached hydrogen (secondary N) is 1. The first-order valence-corrected chi connectivity index (χ1v) is 12.8. The lowest BCUT2D eigenvalue weighted by Gasteiger charge is -2.26. The quantitative estimate of drug-likeness (QED) is 0.525. The van der Waals surface area contributed by atoms with Crippen molar-refractivity contribution >= 4 is 23.2 Å². The molecule has 35 heavy (non-hydrogen) atoms. The Morgan fingerprint density at radius 2 is 1.71 bits per heavy atom. The van der Waals surface area contributed by atoms with Gasteiger partial charge in [0.2, 0.25) is 0 Å². The van der Waals surface area contributed by atoms with Crippen molar-refractivity contribution in [1.82, 2.24) is 10.2 Å². The standard InChI is InChI=1S/C27H28N2O5S/c30-25(29-11-5-2-6-12-29)18-34-23-16-24(20-7-3-1-4-8-20)35-26(23)27(31)28-17-19-9-10-21-22(15-19)33-14-13-32-21/h1,3-4,7-10,15-16H,2,5-6,11-14,17-18H2,(H,28,31). The van der Waals surface area contributed by atoms with E-state index in [-0.39, 0.29) is 18.4 Å². The fourth-order valence-electron chi connectivity index (χ4n) is 4.22. The van der Waals surface area contributed by atoms with Crippen LogP contribution in [0.4, 0.5) is 0 Å². The molecule has 0 unspecified atom stereocenters. The second-order valence-corrected chi connectivity index (χ2v) is 9.61. The second-order valence-electron chi connectivity index (χ2n) is 8.56. The first-order valence-electron chi connectivity index (χ1n) is 11.9. The van der Waals surface area contributed by atoms with Crippen LogP contribution in [-0.4, -0.2) is 49.6 Å². The zero-order chi connectivity index (χ0) is 24.0. The van der Waals surface area contributed by atoms with E-state index in [1.165, 1.54) is 11.3 Å². The van der Waals surface area contributed by atoms with E-state index in [1.54, 1.807) is 0 Å². The molecule has 0 spiro atoms. The van der Waals surface area contributed by atoms with E-state index in [1.807, 2.05) is 59.5 Å². The summed E-state index contributed by atoms with van der Waals surface area (Å²) in [5, 5.41) is 2.98. The fourth-order valence-corrected chi connectivity index (χ4v) is 5.24. The van der Waals surface area contributed by atoms with Gasteiger partial charge in [0, 0.05) is 24.5 Å². The van der Waals surface area contributed by atoms with Crippen molar-refractivity contribution < 1.29 is 23.8 Å². The number of ether oxygens (including phenoxy) is 3. The highest BCUT2D eigenvalue weighted by molar-refractivity contribution is 7.17. The number of fused-ring (bicyclic) bond motifs is 1. The summed E-state index contributed by atoms with van der Waals surface area (Å²) in [6.07, 6.45) is 3.20. The largest absolute Gasteiger partial charge is 0.486 e. The maximum absolute atomic E-state index is 13.2. The SMILES string of the molecule is O=C(NCc1ccc2c(c1)OCCO2)c1sc(-c2ccccc2)cc1OCC(=O)N1CCCCC1. The van der Waals surface area contributed by atoms with Crippen LogP contribution in [0.15, 0.2) is 54.6 Å². The summed E-state index contributed by atoms with van der Waals surface area (Å²) >= 11 is 1.36. The zero-order valence-electron chi connectivity index (χ0n) is 19.5. The molecule has 2 aliphatic heterocycles. The molecule has 8 heteroatoms. The first kappa shape index (κ1) is 23.2. The molecule has 3 aromatic rings. The van der Waals surface area contributed by atoms with Gasteiger partial charge in [-0.1, -0.05) is 36.4 Å². The molecule has 182 valence electrons. The number of benzene rings is 2. The zero-order valence-corrected chi connectivity index (χ0v) is 20.3. The summed E-state index contributed by atoms with van der Waals surface area (Å²) in [5.41, 5.74) is 1.90. The van der Waals surface area contributed by atoms with Gasteiger partial charge in [0.1, 0.15) is 23.8 Å². The van der Waals surface area contributed by atoms with Gasteiger partial charge in [0.15, 0.2) is 18.1 Å². The molecule has 1 aromatic heterocycles. The number of piperidine rings is 1. The smallest absolute Gasteiger partial charge is 0.265 e. The number of nitrogens with zero attached hydrogens (tertiary/aromatic N) is 1. The van der Waals surface area contributed by atoms with Crippen LogP contribution < -0.4 is 19.5 Å². The molecule has 0 atom stereocenters. The average molecular weight is 493 g/mol. The van der Waals surface area contributed by atoms with Crippen LogP contribution in [0, 0.1) is 0 Å². The van der Waals surface area contributed by atoms with Gasteiger partial charge in [0.05, 0.1) is 0 Å². The van der Waals surface area contributed by atoms with Crippen LogP contribution in [0.25, 0.3) is 10.4 Å². The van der Waals surface area contributed by atoms with Crippen molar-refractivity contribution in [2.45, 2.75) is 25.8 Å². The highest BCUT2D eigenvalue weighted by Gasteiger charge is 2.22. The van der Waals surface area contributed by atoms with Crippen LogP contribution in [0.3, 0.4) is 0 Å². The molecule has 0 bridgehead atoms. The summed E-state index contributed by atoms with van der Waals surface area (Å²) < 4.78 is 17.1. The molecular formula is C27H28N2O5S. The Hall–Kier alpha value is -3.52. The van der Waals surface area contributed by atoms with Crippen molar-refractivity contribution in [3.63, 3.8) is 0 Å². The van der Waals surface area contributed by atoms with Crippen molar-refractivity contribution in [1.29, 1.82) is 0 Å². The second kappa shape index (κ2) is 10.8. The van der Waals surface area contributed by atoms with Gasteiger partial charge in [-0.15, -0.1) is 11.3 Å². The highest BCUT2D eigenvalue weighted by Crippen LogP contribution is 2.37. The van der Waals surface area contributed by atoms with Crippen LogP contribution in [0.1, 0.15) is 34.5 Å². The van der Waals surface area contributed by atoms with Gasteiger partial charge >= 0.3 is 0 Å². The Labute approximate surface area is 208 Å². The van der Waals surface area contributed by atoms with Gasteiger partial charge in [-0.2, -0.15) is 0 Å². The normalized spacial score (nSPS) is 14.9. The van der Waals surface area contributed by atoms with E-state index in [4.69, 9.17) is 14.2 Å². The number of hydrogen-bond acceptors (Lipinski definition) is 6. The molecule has 1 saturated heterocycles. The average Bonchev–Trinajstić information content (AvgIpc) is 3.35. The number of amides is 2. The van der Waals surface area contributed by atoms with E-state index in [0.29, 0.717) is 41.9 Å². The Morgan fingerprint density at radius 3 is 2.51 bits per heavy atom. The van der Waals surface area contributed by atoms with Crippen molar-refractivity contribution in [3.05, 3.63) is 65.0 Å². The monoisotopic (exact) mass is 492 g/mol. The van der Waals surface area contributed by atoms with Gasteiger partial charge in [0.25, 0.3) is 11.8 Å². The lowest BCUT2D eigenvalue weighted by atomic mass is 10.1. The summed E-state index contributed by atoms with van der Waals surface area (Å²) in [6.45, 7) is 2.84. The molecule has 2 aromatic carbocycles. The van der Waals surface area contributed by atoms with Crippen LogP contribution >= 0.6 is 11.3 Å². The topological polar surface area (TPSA) is 77.1 Å². The Balaban J connectivity index is 1.30. The third-order valence-electron chi connectivity index (χ3n) is 6.08. The lowest BCUT2D eigenvalue weighted by Crippen LogP contribution is -2.38.